The van der Waals surface area contributed by atoms with Crippen LogP contribution < -0.4 is 9.47 Å². The molecule has 0 aromatic heterocycles. The zero-order valence-corrected chi connectivity index (χ0v) is 20.9. The normalized spacial score (nSPS) is 15.6. The summed E-state index contributed by atoms with van der Waals surface area (Å²) in [7, 11) is 1.63. The van der Waals surface area contributed by atoms with Crippen LogP contribution in [0.2, 0.25) is 0 Å². The summed E-state index contributed by atoms with van der Waals surface area (Å²) in [6, 6.07) is 13.3. The number of carbonyl (C=O) groups is 2. The minimum absolute atomic E-state index is 0.214. The molecule has 2 aromatic carbocycles. The van der Waals surface area contributed by atoms with E-state index < -0.39 is 18.4 Å². The predicted molar refractivity (Wildman–Crippen MR) is 135 cm³/mol. The first-order valence-corrected chi connectivity index (χ1v) is 11.7. The van der Waals surface area contributed by atoms with Gasteiger partial charge in [-0.2, -0.15) is 0 Å². The Hall–Kier alpha value is -2.84. The number of thioether (sulfide) groups is 1. The van der Waals surface area contributed by atoms with Crippen molar-refractivity contribution in [3.63, 3.8) is 0 Å². The Kier molecular flexibility index (Phi) is 7.49. The Morgan fingerprint density at radius 3 is 2.45 bits per heavy atom. The molecule has 1 amide bonds. The second-order valence-corrected chi connectivity index (χ2v) is 10.1. The monoisotopic (exact) mass is 485 g/mol. The summed E-state index contributed by atoms with van der Waals surface area (Å²) >= 11 is 6.47. The van der Waals surface area contributed by atoms with E-state index in [0.29, 0.717) is 22.8 Å². The smallest absolute Gasteiger partial charge is 0.323 e. The topological polar surface area (TPSA) is 76.1 Å². The number of hydrogen-bond donors (Lipinski definition) is 1. The van der Waals surface area contributed by atoms with Crippen molar-refractivity contribution in [2.24, 2.45) is 0 Å². The second kappa shape index (κ2) is 9.97. The van der Waals surface area contributed by atoms with E-state index in [2.05, 4.69) is 20.8 Å². The molecule has 0 bridgehead atoms. The van der Waals surface area contributed by atoms with Crippen LogP contribution in [0.5, 0.6) is 11.5 Å². The van der Waals surface area contributed by atoms with Gasteiger partial charge in [0.15, 0.2) is 0 Å². The number of para-hydroxylation sites is 1. The lowest BCUT2D eigenvalue weighted by atomic mass is 9.83. The van der Waals surface area contributed by atoms with Crippen molar-refractivity contribution >= 4 is 45.7 Å². The minimum Gasteiger partial charge on any atom is -0.496 e. The third kappa shape index (κ3) is 5.23. The number of carboxylic acid groups (broad SMARTS) is 1. The number of carboxylic acids is 1. The number of thiocarbonyl (C=S) groups is 1. The van der Waals surface area contributed by atoms with Crippen molar-refractivity contribution < 1.29 is 24.2 Å². The molecule has 0 unspecified atom stereocenters. The fourth-order valence-electron chi connectivity index (χ4n) is 3.63. The Bertz CT molecular complexity index is 1130. The zero-order chi connectivity index (χ0) is 24.3. The van der Waals surface area contributed by atoms with Crippen LogP contribution in [0.1, 0.15) is 44.4 Å². The van der Waals surface area contributed by atoms with Crippen LogP contribution in [-0.2, 0) is 15.0 Å². The minimum atomic E-state index is -1.12. The van der Waals surface area contributed by atoms with E-state index >= 15 is 0 Å². The molecule has 6 nitrogen and oxygen atoms in total. The van der Waals surface area contributed by atoms with Gasteiger partial charge in [-0.3, -0.25) is 14.5 Å². The van der Waals surface area contributed by atoms with Gasteiger partial charge in [0.1, 0.15) is 22.4 Å². The molecule has 0 radical (unpaired) electrons. The number of carbonyl (C=O) groups excluding carboxylic acids is 1. The number of methoxy groups -OCH3 is 1. The Labute approximate surface area is 203 Å². The molecule has 174 valence electrons. The number of benzene rings is 2. The number of hydrogen-bond acceptors (Lipinski definition) is 6. The third-order valence-corrected chi connectivity index (χ3v) is 6.57. The lowest BCUT2D eigenvalue weighted by Gasteiger charge is -2.24. The molecule has 1 heterocycles. The molecule has 1 fully saturated rings. The molecule has 1 saturated heterocycles. The maximum Gasteiger partial charge on any atom is 0.323 e. The van der Waals surface area contributed by atoms with E-state index in [1.54, 1.807) is 7.11 Å². The van der Waals surface area contributed by atoms with Gasteiger partial charge in [0.05, 0.1) is 18.6 Å². The van der Waals surface area contributed by atoms with Crippen LogP contribution in [0.4, 0.5) is 0 Å². The highest BCUT2D eigenvalue weighted by molar-refractivity contribution is 8.26. The zero-order valence-electron chi connectivity index (χ0n) is 19.3. The quantitative estimate of drug-likeness (QED) is 0.432. The standard InChI is InChI=1S/C25H27NO5S2/c1-6-31-18-10-8-7-9-16(18)21(22-23(29)26(14-20(27)28)24(32)33-22)15-11-12-19(30-5)17(13-15)25(2,3)4/h7-13H,6,14H2,1-5H3,(H,27,28). The molecule has 0 atom stereocenters. The molecule has 0 aliphatic carbocycles. The molecule has 8 heteroatoms. The summed E-state index contributed by atoms with van der Waals surface area (Å²) in [6.45, 7) is 8.15. The van der Waals surface area contributed by atoms with E-state index in [1.807, 2.05) is 49.4 Å². The molecule has 3 rings (SSSR count). The first kappa shape index (κ1) is 24.8. The maximum atomic E-state index is 13.3. The Morgan fingerprint density at radius 1 is 1.15 bits per heavy atom. The molecule has 1 aliphatic rings. The average molecular weight is 486 g/mol. The molecule has 33 heavy (non-hydrogen) atoms. The summed E-state index contributed by atoms with van der Waals surface area (Å²) in [5.74, 6) is -0.168. The molecule has 1 N–H and O–H groups in total. The first-order valence-electron chi connectivity index (χ1n) is 10.5. The van der Waals surface area contributed by atoms with Crippen LogP contribution in [-0.4, -0.2) is 46.5 Å². The number of rotatable bonds is 7. The SMILES string of the molecule is CCOc1ccccc1C(=C1SC(=S)N(CC(=O)O)C1=O)c1ccc(OC)c(C(C)(C)C)c1. The van der Waals surface area contributed by atoms with Gasteiger partial charge in [-0.15, -0.1) is 0 Å². The highest BCUT2D eigenvalue weighted by Gasteiger charge is 2.37. The van der Waals surface area contributed by atoms with Gasteiger partial charge < -0.3 is 14.6 Å². The van der Waals surface area contributed by atoms with Crippen molar-refractivity contribution in [1.82, 2.24) is 4.90 Å². The maximum absolute atomic E-state index is 13.3. The number of aliphatic carboxylic acids is 1. The summed E-state index contributed by atoms with van der Waals surface area (Å²) in [5, 5.41) is 9.25. The summed E-state index contributed by atoms with van der Waals surface area (Å²) in [5.41, 5.74) is 2.95. The van der Waals surface area contributed by atoms with Crippen molar-refractivity contribution in [2.45, 2.75) is 33.1 Å². The average Bonchev–Trinajstić information content (AvgIpc) is 3.02. The van der Waals surface area contributed by atoms with E-state index in [-0.39, 0.29) is 9.74 Å². The molecule has 1 aliphatic heterocycles. The van der Waals surface area contributed by atoms with Crippen molar-refractivity contribution in [3.8, 4) is 11.5 Å². The highest BCUT2D eigenvalue weighted by Crippen LogP contribution is 2.44. The van der Waals surface area contributed by atoms with Gasteiger partial charge in [-0.1, -0.05) is 69.0 Å². The van der Waals surface area contributed by atoms with E-state index in [0.717, 1.165) is 39.1 Å². The summed E-state index contributed by atoms with van der Waals surface area (Å²) < 4.78 is 11.7. The van der Waals surface area contributed by atoms with Gasteiger partial charge in [0.25, 0.3) is 5.91 Å². The highest BCUT2D eigenvalue weighted by atomic mass is 32.2. The van der Waals surface area contributed by atoms with Crippen LogP contribution in [0.15, 0.2) is 47.4 Å². The number of amides is 1. The number of ether oxygens (including phenoxy) is 2. The molecular weight excluding hydrogens is 458 g/mol. The molecule has 0 saturated carbocycles. The van der Waals surface area contributed by atoms with Gasteiger partial charge in [0.2, 0.25) is 0 Å². The van der Waals surface area contributed by atoms with Crippen molar-refractivity contribution in [3.05, 3.63) is 64.1 Å². The fraction of sp³-hybridized carbons (Fsp3) is 0.320. The van der Waals surface area contributed by atoms with E-state index in [4.69, 9.17) is 21.7 Å². The largest absolute Gasteiger partial charge is 0.496 e. The number of nitrogens with zero attached hydrogens (tertiary/aromatic N) is 1. The van der Waals surface area contributed by atoms with Crippen molar-refractivity contribution in [1.29, 1.82) is 0 Å². The predicted octanol–water partition coefficient (Wildman–Crippen LogP) is 5.10. The van der Waals surface area contributed by atoms with Crippen molar-refractivity contribution in [2.75, 3.05) is 20.3 Å². The third-order valence-electron chi connectivity index (χ3n) is 5.12. The molecule has 0 spiro atoms. The van der Waals surface area contributed by atoms with Crippen LogP contribution in [0, 0.1) is 0 Å². The Morgan fingerprint density at radius 2 is 1.85 bits per heavy atom. The van der Waals surface area contributed by atoms with Gasteiger partial charge in [-0.25, -0.2) is 0 Å². The van der Waals surface area contributed by atoms with Crippen LogP contribution in [0.3, 0.4) is 0 Å². The van der Waals surface area contributed by atoms with Crippen LogP contribution >= 0.6 is 24.0 Å². The first-order chi connectivity index (χ1) is 15.6. The lowest BCUT2D eigenvalue weighted by Crippen LogP contribution is -2.33. The summed E-state index contributed by atoms with van der Waals surface area (Å²) in [6.07, 6.45) is 0. The van der Waals surface area contributed by atoms with E-state index in [9.17, 15) is 14.7 Å². The van der Waals surface area contributed by atoms with Gasteiger partial charge >= 0.3 is 5.97 Å². The summed E-state index contributed by atoms with van der Waals surface area (Å²) in [4.78, 5) is 26.2. The fourth-order valence-corrected chi connectivity index (χ4v) is 4.99. The lowest BCUT2D eigenvalue weighted by molar-refractivity contribution is -0.140. The van der Waals surface area contributed by atoms with Gasteiger partial charge in [0, 0.05) is 16.7 Å². The molecular formula is C25H27NO5S2. The van der Waals surface area contributed by atoms with Crippen LogP contribution in [0.25, 0.3) is 5.57 Å². The van der Waals surface area contributed by atoms with Gasteiger partial charge in [-0.05, 0) is 36.1 Å². The second-order valence-electron chi connectivity index (χ2n) is 8.45. The molecule has 2 aromatic rings. The van der Waals surface area contributed by atoms with E-state index in [1.165, 1.54) is 0 Å². The Balaban J connectivity index is 2.32.